The van der Waals surface area contributed by atoms with Crippen LogP contribution in [-0.4, -0.2) is 25.7 Å². The number of halogens is 2. The highest BCUT2D eigenvalue weighted by molar-refractivity contribution is 9.10. The predicted molar refractivity (Wildman–Crippen MR) is 89.2 cm³/mol. The van der Waals surface area contributed by atoms with Crippen molar-refractivity contribution in [2.24, 2.45) is 7.05 Å². The molecule has 0 spiro atoms. The van der Waals surface area contributed by atoms with E-state index in [1.807, 2.05) is 13.2 Å². The first-order chi connectivity index (χ1) is 10.5. The highest BCUT2D eigenvalue weighted by atomic mass is 79.9. The number of pyridine rings is 1. The fourth-order valence-electron chi connectivity index (χ4n) is 1.73. The number of nitrogens with one attached hydrogen (secondary N) is 1. The second-order valence-electron chi connectivity index (χ2n) is 4.37. The lowest BCUT2D eigenvalue weighted by molar-refractivity contribution is 0.102. The first-order valence-electron chi connectivity index (χ1n) is 6.11. The van der Waals surface area contributed by atoms with Gasteiger partial charge in [0.25, 0.3) is 5.91 Å². The van der Waals surface area contributed by atoms with Crippen LogP contribution in [0, 0.1) is 0 Å². The molecule has 0 saturated heterocycles. The van der Waals surface area contributed by atoms with Crippen LogP contribution in [0.15, 0.2) is 34.5 Å². The molecule has 0 radical (unpaired) electrons. The zero-order valence-electron chi connectivity index (χ0n) is 11.2. The van der Waals surface area contributed by atoms with E-state index in [-0.39, 0.29) is 11.1 Å². The molecule has 112 valence electrons. The van der Waals surface area contributed by atoms with Gasteiger partial charge in [0.05, 0.1) is 11.9 Å². The Labute approximate surface area is 143 Å². The molecule has 3 aromatic heterocycles. The summed E-state index contributed by atoms with van der Waals surface area (Å²) in [6.07, 6.45) is 3.55. The molecule has 0 aliphatic carbocycles. The molecule has 0 aliphatic heterocycles. The summed E-state index contributed by atoms with van der Waals surface area (Å²) in [6.45, 7) is 0. The molecule has 0 aromatic carbocycles. The fraction of sp³-hybridized carbons (Fsp3) is 0.0769. The lowest BCUT2D eigenvalue weighted by Crippen LogP contribution is -2.12. The highest BCUT2D eigenvalue weighted by Crippen LogP contribution is 2.25. The number of carbonyl (C=O) groups excluding carboxylic acids is 1. The van der Waals surface area contributed by atoms with E-state index in [4.69, 9.17) is 11.6 Å². The number of aromatic nitrogens is 4. The summed E-state index contributed by atoms with van der Waals surface area (Å²) >= 11 is 10.6. The Bertz CT molecular complexity index is 847. The standard InChI is InChI=1S/C13H9BrClN5OS/c1-20-5-7(4-16-20)13-18-9(6-22-13)12(21)17-8-2-3-10(14)19-11(8)15/h2-6H,1H3,(H,17,21). The molecular weight excluding hydrogens is 390 g/mol. The zero-order valence-corrected chi connectivity index (χ0v) is 14.4. The maximum atomic E-state index is 12.2. The van der Waals surface area contributed by atoms with E-state index < -0.39 is 0 Å². The molecule has 0 saturated carbocycles. The lowest BCUT2D eigenvalue weighted by Gasteiger charge is -2.04. The molecule has 3 heterocycles. The van der Waals surface area contributed by atoms with Crippen LogP contribution in [0.2, 0.25) is 5.15 Å². The van der Waals surface area contributed by atoms with E-state index in [1.165, 1.54) is 11.3 Å². The maximum absolute atomic E-state index is 12.2. The Kier molecular flexibility index (Phi) is 4.23. The van der Waals surface area contributed by atoms with Gasteiger partial charge in [-0.3, -0.25) is 9.48 Å². The van der Waals surface area contributed by atoms with Gasteiger partial charge in [-0.1, -0.05) is 11.6 Å². The lowest BCUT2D eigenvalue weighted by atomic mass is 10.3. The largest absolute Gasteiger partial charge is 0.318 e. The molecule has 0 atom stereocenters. The van der Waals surface area contributed by atoms with Gasteiger partial charge < -0.3 is 5.32 Å². The second-order valence-corrected chi connectivity index (χ2v) is 6.40. The molecule has 1 N–H and O–H groups in total. The van der Waals surface area contributed by atoms with E-state index in [0.717, 1.165) is 10.6 Å². The van der Waals surface area contributed by atoms with Crippen molar-refractivity contribution in [3.8, 4) is 10.6 Å². The fourth-order valence-corrected chi connectivity index (χ4v) is 3.12. The first kappa shape index (κ1) is 15.1. The summed E-state index contributed by atoms with van der Waals surface area (Å²) in [4.78, 5) is 20.5. The van der Waals surface area contributed by atoms with E-state index in [0.29, 0.717) is 16.0 Å². The Balaban J connectivity index is 1.79. The molecular formula is C13H9BrClN5OS. The van der Waals surface area contributed by atoms with Gasteiger partial charge in [-0.2, -0.15) is 5.10 Å². The number of carbonyl (C=O) groups is 1. The molecule has 0 unspecified atom stereocenters. The van der Waals surface area contributed by atoms with E-state index in [2.05, 4.69) is 36.3 Å². The topological polar surface area (TPSA) is 72.7 Å². The van der Waals surface area contributed by atoms with Gasteiger partial charge in [0.1, 0.15) is 15.3 Å². The Morgan fingerprint density at radius 3 is 2.91 bits per heavy atom. The molecule has 22 heavy (non-hydrogen) atoms. The van der Waals surface area contributed by atoms with Gasteiger partial charge in [0.2, 0.25) is 0 Å². The van der Waals surface area contributed by atoms with E-state index >= 15 is 0 Å². The molecule has 9 heteroatoms. The number of rotatable bonds is 3. The third-order valence-electron chi connectivity index (χ3n) is 2.75. The van der Waals surface area contributed by atoms with Crippen LogP contribution in [0.4, 0.5) is 5.69 Å². The van der Waals surface area contributed by atoms with Crippen molar-refractivity contribution >= 4 is 50.5 Å². The number of anilines is 1. The summed E-state index contributed by atoms with van der Waals surface area (Å²) in [6, 6.07) is 3.37. The SMILES string of the molecule is Cn1cc(-c2nc(C(=O)Nc3ccc(Br)nc3Cl)cs2)cn1. The van der Waals surface area contributed by atoms with Crippen LogP contribution in [0.25, 0.3) is 10.6 Å². The van der Waals surface area contributed by atoms with E-state index in [9.17, 15) is 4.79 Å². The summed E-state index contributed by atoms with van der Waals surface area (Å²) < 4.78 is 2.28. The van der Waals surface area contributed by atoms with Gasteiger partial charge in [-0.25, -0.2) is 9.97 Å². The van der Waals surface area contributed by atoms with E-state index in [1.54, 1.807) is 28.4 Å². The van der Waals surface area contributed by atoms with Crippen molar-refractivity contribution in [2.45, 2.75) is 0 Å². The third kappa shape index (κ3) is 3.18. The van der Waals surface area contributed by atoms with Crippen LogP contribution in [-0.2, 0) is 7.05 Å². The summed E-state index contributed by atoms with van der Waals surface area (Å²) in [5.74, 6) is -0.336. The minimum absolute atomic E-state index is 0.213. The first-order valence-corrected chi connectivity index (χ1v) is 8.16. The summed E-state index contributed by atoms with van der Waals surface area (Å²) in [7, 11) is 1.83. The van der Waals surface area contributed by atoms with Crippen LogP contribution < -0.4 is 5.32 Å². The van der Waals surface area contributed by atoms with Gasteiger partial charge in [-0.15, -0.1) is 11.3 Å². The Hall–Kier alpha value is -1.77. The van der Waals surface area contributed by atoms with Gasteiger partial charge in [0, 0.05) is 24.2 Å². The van der Waals surface area contributed by atoms with Crippen molar-refractivity contribution in [1.29, 1.82) is 0 Å². The minimum Gasteiger partial charge on any atom is -0.318 e. The van der Waals surface area contributed by atoms with Crippen LogP contribution in [0.3, 0.4) is 0 Å². The Morgan fingerprint density at radius 1 is 1.41 bits per heavy atom. The molecule has 3 rings (SSSR count). The maximum Gasteiger partial charge on any atom is 0.275 e. The van der Waals surface area contributed by atoms with Gasteiger partial charge in [-0.05, 0) is 28.1 Å². The minimum atomic E-state index is -0.336. The highest BCUT2D eigenvalue weighted by Gasteiger charge is 2.14. The van der Waals surface area contributed by atoms with Crippen molar-refractivity contribution in [3.63, 3.8) is 0 Å². The predicted octanol–water partition coefficient (Wildman–Crippen LogP) is 3.61. The molecule has 0 bridgehead atoms. The van der Waals surface area contributed by atoms with Crippen molar-refractivity contribution in [1.82, 2.24) is 19.7 Å². The average molecular weight is 399 g/mol. The molecule has 6 nitrogen and oxygen atoms in total. The summed E-state index contributed by atoms with van der Waals surface area (Å²) in [5, 5.41) is 9.42. The van der Waals surface area contributed by atoms with Crippen molar-refractivity contribution < 1.29 is 4.79 Å². The Morgan fingerprint density at radius 2 is 2.23 bits per heavy atom. The molecule has 0 fully saturated rings. The number of hydrogen-bond acceptors (Lipinski definition) is 5. The van der Waals surface area contributed by atoms with Gasteiger partial charge in [0.15, 0.2) is 5.15 Å². The monoisotopic (exact) mass is 397 g/mol. The quantitative estimate of drug-likeness (QED) is 0.684. The summed E-state index contributed by atoms with van der Waals surface area (Å²) in [5.41, 5.74) is 1.63. The van der Waals surface area contributed by atoms with Crippen LogP contribution >= 0.6 is 38.9 Å². The number of nitrogens with zero attached hydrogens (tertiary/aromatic N) is 4. The molecule has 3 aromatic rings. The number of aryl methyl sites for hydroxylation is 1. The zero-order chi connectivity index (χ0) is 15.7. The number of amides is 1. The average Bonchev–Trinajstić information content (AvgIpc) is 3.10. The van der Waals surface area contributed by atoms with Crippen LogP contribution in [0.1, 0.15) is 10.5 Å². The second kappa shape index (κ2) is 6.15. The third-order valence-corrected chi connectivity index (χ3v) is 4.37. The van der Waals surface area contributed by atoms with Crippen LogP contribution in [0.5, 0.6) is 0 Å². The molecule has 1 amide bonds. The normalized spacial score (nSPS) is 10.7. The molecule has 0 aliphatic rings. The number of thiazole rings is 1. The van der Waals surface area contributed by atoms with Crippen molar-refractivity contribution in [3.05, 3.63) is 45.4 Å². The van der Waals surface area contributed by atoms with Crippen molar-refractivity contribution in [2.75, 3.05) is 5.32 Å². The van der Waals surface area contributed by atoms with Gasteiger partial charge >= 0.3 is 0 Å². The smallest absolute Gasteiger partial charge is 0.275 e. The number of hydrogen-bond donors (Lipinski definition) is 1.